The summed E-state index contributed by atoms with van der Waals surface area (Å²) in [5.74, 6) is 0.146. The van der Waals surface area contributed by atoms with Gasteiger partial charge in [0.1, 0.15) is 23.0 Å². The van der Waals surface area contributed by atoms with Crippen LogP contribution in [0, 0.1) is 0 Å². The smallest absolute Gasteiger partial charge is 0.417 e. The Balaban J connectivity index is 2.16. The maximum atomic E-state index is 13.3. The first-order valence-corrected chi connectivity index (χ1v) is 9.42. The predicted molar refractivity (Wildman–Crippen MR) is 108 cm³/mol. The molecule has 0 fully saturated rings. The molecule has 0 bridgehead atoms. The summed E-state index contributed by atoms with van der Waals surface area (Å²) in [6.45, 7) is 3.79. The molecule has 0 amide bonds. The fraction of sp³-hybridized carbons (Fsp3) is 0.273. The number of phenols is 2. The minimum atomic E-state index is -4.64. The number of methoxy groups -OCH3 is 1. The van der Waals surface area contributed by atoms with Gasteiger partial charge in [-0.3, -0.25) is 0 Å². The fourth-order valence-corrected chi connectivity index (χ4v) is 3.41. The Morgan fingerprint density at radius 3 is 2.50 bits per heavy atom. The first kappa shape index (κ1) is 21.9. The fourth-order valence-electron chi connectivity index (χ4n) is 3.18. The number of allylic oxidation sites excluding steroid dienone is 3. The lowest BCUT2D eigenvalue weighted by atomic mass is 9.96. The zero-order valence-electron chi connectivity index (χ0n) is 16.5. The van der Waals surface area contributed by atoms with Gasteiger partial charge in [0.25, 0.3) is 0 Å². The number of phenolic OH excluding ortho intramolecular Hbond substituents is 2. The Kier molecular flexibility index (Phi) is 5.94. The summed E-state index contributed by atoms with van der Waals surface area (Å²) in [5, 5.41) is 20.2. The van der Waals surface area contributed by atoms with Crippen LogP contribution in [0.5, 0.6) is 17.2 Å². The minimum Gasteiger partial charge on any atom is -0.507 e. The van der Waals surface area contributed by atoms with Gasteiger partial charge in [-0.1, -0.05) is 23.3 Å². The van der Waals surface area contributed by atoms with Crippen molar-refractivity contribution in [1.29, 1.82) is 0 Å². The molecule has 1 aliphatic heterocycles. The summed E-state index contributed by atoms with van der Waals surface area (Å²) >= 11 is 5.73. The van der Waals surface area contributed by atoms with E-state index in [1.165, 1.54) is 19.2 Å². The van der Waals surface area contributed by atoms with Crippen molar-refractivity contribution in [3.05, 3.63) is 69.0 Å². The average Bonchev–Trinajstić information content (AvgIpc) is 2.66. The van der Waals surface area contributed by atoms with E-state index >= 15 is 0 Å². The van der Waals surface area contributed by atoms with Crippen LogP contribution in [0.3, 0.4) is 0 Å². The summed E-state index contributed by atoms with van der Waals surface area (Å²) in [5.41, 5.74) is 0.929. The van der Waals surface area contributed by atoms with Gasteiger partial charge in [0.2, 0.25) is 0 Å². The Morgan fingerprint density at radius 1 is 1.20 bits per heavy atom. The number of rotatable bonds is 4. The highest BCUT2D eigenvalue weighted by Gasteiger charge is 2.35. The van der Waals surface area contributed by atoms with Gasteiger partial charge in [0.05, 0.1) is 17.7 Å². The second kappa shape index (κ2) is 8.14. The molecule has 2 aromatic rings. The summed E-state index contributed by atoms with van der Waals surface area (Å²) in [6, 6.07) is 4.65. The maximum Gasteiger partial charge on any atom is 0.417 e. The molecule has 0 aromatic heterocycles. The van der Waals surface area contributed by atoms with E-state index in [1.807, 2.05) is 19.9 Å². The van der Waals surface area contributed by atoms with Crippen LogP contribution in [0.4, 0.5) is 13.2 Å². The van der Waals surface area contributed by atoms with Crippen molar-refractivity contribution < 1.29 is 32.9 Å². The van der Waals surface area contributed by atoms with Gasteiger partial charge in [0.15, 0.2) is 5.76 Å². The van der Waals surface area contributed by atoms with Crippen molar-refractivity contribution in [2.75, 3.05) is 7.11 Å². The molecule has 160 valence electrons. The van der Waals surface area contributed by atoms with Crippen LogP contribution in [-0.4, -0.2) is 17.3 Å². The van der Waals surface area contributed by atoms with Crippen molar-refractivity contribution in [2.24, 2.45) is 0 Å². The van der Waals surface area contributed by atoms with E-state index in [1.54, 1.807) is 0 Å². The molecular weight excluding hydrogens is 421 g/mol. The molecule has 30 heavy (non-hydrogen) atoms. The summed E-state index contributed by atoms with van der Waals surface area (Å²) in [6.07, 6.45) is -2.37. The minimum absolute atomic E-state index is 0.0654. The highest BCUT2D eigenvalue weighted by atomic mass is 35.5. The largest absolute Gasteiger partial charge is 0.507 e. The van der Waals surface area contributed by atoms with Crippen LogP contribution >= 0.6 is 11.6 Å². The van der Waals surface area contributed by atoms with E-state index in [4.69, 9.17) is 21.1 Å². The van der Waals surface area contributed by atoms with Crippen molar-refractivity contribution in [1.82, 2.24) is 0 Å². The van der Waals surface area contributed by atoms with Crippen LogP contribution in [0.25, 0.3) is 5.76 Å². The number of benzene rings is 2. The third-order valence-electron chi connectivity index (χ3n) is 4.73. The third kappa shape index (κ3) is 4.21. The maximum absolute atomic E-state index is 13.3. The topological polar surface area (TPSA) is 58.9 Å². The lowest BCUT2D eigenvalue weighted by Gasteiger charge is -2.26. The van der Waals surface area contributed by atoms with E-state index in [2.05, 4.69) is 0 Å². The van der Waals surface area contributed by atoms with Crippen LogP contribution in [0.1, 0.15) is 36.1 Å². The lowest BCUT2D eigenvalue weighted by molar-refractivity contribution is -0.137. The zero-order chi connectivity index (χ0) is 22.2. The lowest BCUT2D eigenvalue weighted by Crippen LogP contribution is -2.14. The second-order valence-corrected chi connectivity index (χ2v) is 7.52. The Labute approximate surface area is 176 Å². The van der Waals surface area contributed by atoms with E-state index in [0.717, 1.165) is 17.7 Å². The first-order chi connectivity index (χ1) is 14.0. The van der Waals surface area contributed by atoms with Gasteiger partial charge in [-0.15, -0.1) is 0 Å². The molecule has 0 aliphatic carbocycles. The molecule has 1 aliphatic rings. The Bertz CT molecular complexity index is 1050. The molecule has 0 saturated carbocycles. The number of alkyl halides is 3. The SMILES string of the molecule is COC1=C(c2ccc(Cl)c(C(F)(F)F)c2)Oc2c(CC=C(C)C)c(O)cc(O)c2C1. The van der Waals surface area contributed by atoms with E-state index in [0.29, 0.717) is 17.5 Å². The van der Waals surface area contributed by atoms with Gasteiger partial charge in [-0.25, -0.2) is 0 Å². The molecule has 3 rings (SSSR count). The third-order valence-corrected chi connectivity index (χ3v) is 5.06. The van der Waals surface area contributed by atoms with Crippen LogP contribution in [0.2, 0.25) is 5.02 Å². The predicted octanol–water partition coefficient (Wildman–Crippen LogP) is 6.23. The highest BCUT2D eigenvalue weighted by molar-refractivity contribution is 6.31. The monoisotopic (exact) mass is 440 g/mol. The first-order valence-electron chi connectivity index (χ1n) is 9.05. The number of hydrogen-bond acceptors (Lipinski definition) is 4. The van der Waals surface area contributed by atoms with E-state index < -0.39 is 16.8 Å². The molecule has 2 N–H and O–H groups in total. The number of ether oxygens (including phenoxy) is 2. The normalized spacial score (nSPS) is 13.6. The van der Waals surface area contributed by atoms with Crippen molar-refractivity contribution >= 4 is 17.4 Å². The summed E-state index contributed by atoms with van der Waals surface area (Å²) in [7, 11) is 1.37. The summed E-state index contributed by atoms with van der Waals surface area (Å²) in [4.78, 5) is 0. The standard InChI is InChI=1S/C22H20ClF3O4/c1-11(2)4-6-13-17(27)10-18(28)14-9-19(29-3)20(30-21(13)14)12-5-7-16(23)15(8-12)22(24,25)26/h4-5,7-8,10,27-28H,6,9H2,1-3H3. The number of hydrogen-bond donors (Lipinski definition) is 2. The quantitative estimate of drug-likeness (QED) is 0.553. The van der Waals surface area contributed by atoms with Crippen molar-refractivity contribution in [3.8, 4) is 17.2 Å². The van der Waals surface area contributed by atoms with Crippen molar-refractivity contribution in [2.45, 2.75) is 32.9 Å². The van der Waals surface area contributed by atoms with Crippen LogP contribution < -0.4 is 4.74 Å². The summed E-state index contributed by atoms with van der Waals surface area (Å²) < 4.78 is 51.2. The molecular formula is C22H20ClF3O4. The molecule has 4 nitrogen and oxygen atoms in total. The molecule has 0 radical (unpaired) electrons. The Hall–Kier alpha value is -2.80. The zero-order valence-corrected chi connectivity index (χ0v) is 17.3. The van der Waals surface area contributed by atoms with Gasteiger partial charge >= 0.3 is 6.18 Å². The molecule has 1 heterocycles. The number of halogens is 4. The average molecular weight is 441 g/mol. The Morgan fingerprint density at radius 2 is 1.90 bits per heavy atom. The van der Waals surface area contributed by atoms with Crippen molar-refractivity contribution in [3.63, 3.8) is 0 Å². The van der Waals surface area contributed by atoms with E-state index in [-0.39, 0.29) is 40.8 Å². The van der Waals surface area contributed by atoms with Gasteiger partial charge in [-0.2, -0.15) is 13.2 Å². The molecule has 0 atom stereocenters. The molecule has 8 heteroatoms. The van der Waals surface area contributed by atoms with Gasteiger partial charge in [0, 0.05) is 29.2 Å². The molecule has 0 unspecified atom stereocenters. The van der Waals surface area contributed by atoms with Crippen LogP contribution in [0.15, 0.2) is 41.7 Å². The molecule has 0 saturated heterocycles. The second-order valence-electron chi connectivity index (χ2n) is 7.11. The van der Waals surface area contributed by atoms with Gasteiger partial charge < -0.3 is 19.7 Å². The van der Waals surface area contributed by atoms with E-state index in [9.17, 15) is 23.4 Å². The number of fused-ring (bicyclic) bond motifs is 1. The van der Waals surface area contributed by atoms with Crippen LogP contribution in [-0.2, 0) is 23.8 Å². The van der Waals surface area contributed by atoms with Gasteiger partial charge in [-0.05, 0) is 38.5 Å². The molecule has 0 spiro atoms. The number of aromatic hydroxyl groups is 2. The molecule has 2 aromatic carbocycles. The highest BCUT2D eigenvalue weighted by Crippen LogP contribution is 2.46.